The van der Waals surface area contributed by atoms with E-state index in [1.54, 1.807) is 6.07 Å². The van der Waals surface area contributed by atoms with Gasteiger partial charge in [-0.2, -0.15) is 4.72 Å². The van der Waals surface area contributed by atoms with Gasteiger partial charge in [0.25, 0.3) is 5.91 Å². The van der Waals surface area contributed by atoms with E-state index in [1.807, 2.05) is 26.0 Å². The molecule has 0 saturated heterocycles. The zero-order valence-electron chi connectivity index (χ0n) is 16.7. The molecule has 8 nitrogen and oxygen atoms in total. The highest BCUT2D eigenvalue weighted by atomic mass is 32.2. The van der Waals surface area contributed by atoms with Crippen molar-refractivity contribution in [3.05, 3.63) is 53.6 Å². The minimum Gasteiger partial charge on any atom is -0.497 e. The number of carbonyl (C=O) groups is 2. The third-order valence-corrected chi connectivity index (χ3v) is 5.61. The largest absolute Gasteiger partial charge is 0.497 e. The number of amides is 1. The molecule has 0 aromatic heterocycles. The van der Waals surface area contributed by atoms with Gasteiger partial charge in [-0.3, -0.25) is 9.59 Å². The number of hydrogen-bond acceptors (Lipinski definition) is 6. The van der Waals surface area contributed by atoms with Crippen LogP contribution in [0.2, 0.25) is 0 Å². The summed E-state index contributed by atoms with van der Waals surface area (Å²) in [5, 5.41) is 2.65. The molecule has 0 spiro atoms. The van der Waals surface area contributed by atoms with E-state index >= 15 is 0 Å². The number of ether oxygens (including phenoxy) is 2. The van der Waals surface area contributed by atoms with E-state index in [-0.39, 0.29) is 4.90 Å². The third kappa shape index (κ3) is 6.30. The summed E-state index contributed by atoms with van der Waals surface area (Å²) in [7, 11) is -2.46. The van der Waals surface area contributed by atoms with Crippen molar-refractivity contribution in [2.75, 3.05) is 19.0 Å². The number of sulfonamides is 1. The third-order valence-electron chi connectivity index (χ3n) is 4.06. The van der Waals surface area contributed by atoms with Gasteiger partial charge in [-0.25, -0.2) is 8.42 Å². The fraction of sp³-hybridized carbons (Fsp3) is 0.300. The Hall–Kier alpha value is -2.91. The Bertz CT molecular complexity index is 987. The van der Waals surface area contributed by atoms with Crippen molar-refractivity contribution in [1.82, 2.24) is 4.72 Å². The summed E-state index contributed by atoms with van der Waals surface area (Å²) >= 11 is 0. The lowest BCUT2D eigenvalue weighted by atomic mass is 10.1. The summed E-state index contributed by atoms with van der Waals surface area (Å²) in [5.41, 5.74) is 2.56. The lowest BCUT2D eigenvalue weighted by Crippen LogP contribution is -2.40. The lowest BCUT2D eigenvalue weighted by molar-refractivity contribution is -0.148. The van der Waals surface area contributed by atoms with E-state index in [2.05, 4.69) is 10.0 Å². The Morgan fingerprint density at radius 2 is 1.72 bits per heavy atom. The first kappa shape index (κ1) is 22.4. The van der Waals surface area contributed by atoms with Crippen molar-refractivity contribution in [3.63, 3.8) is 0 Å². The van der Waals surface area contributed by atoms with Crippen molar-refractivity contribution in [2.24, 2.45) is 0 Å². The molecule has 2 aromatic rings. The summed E-state index contributed by atoms with van der Waals surface area (Å²) in [4.78, 5) is 24.1. The maximum atomic E-state index is 12.4. The van der Waals surface area contributed by atoms with Crippen molar-refractivity contribution in [2.45, 2.75) is 31.7 Å². The first-order valence-electron chi connectivity index (χ1n) is 8.82. The van der Waals surface area contributed by atoms with E-state index in [1.165, 1.54) is 38.3 Å². The highest BCUT2D eigenvalue weighted by molar-refractivity contribution is 7.89. The van der Waals surface area contributed by atoms with Crippen LogP contribution in [0.1, 0.15) is 18.1 Å². The summed E-state index contributed by atoms with van der Waals surface area (Å²) in [6.45, 7) is 4.60. The van der Waals surface area contributed by atoms with Crippen LogP contribution in [-0.2, 0) is 24.3 Å². The Morgan fingerprint density at radius 1 is 1.07 bits per heavy atom. The number of benzene rings is 2. The first-order chi connectivity index (χ1) is 13.6. The predicted octanol–water partition coefficient (Wildman–Crippen LogP) is 2.16. The number of hydrogen-bond donors (Lipinski definition) is 2. The monoisotopic (exact) mass is 420 g/mol. The molecule has 2 N–H and O–H groups in total. The van der Waals surface area contributed by atoms with Crippen LogP contribution in [0.4, 0.5) is 5.69 Å². The Balaban J connectivity index is 1.89. The summed E-state index contributed by atoms with van der Waals surface area (Å²) < 4.78 is 36.8. The summed E-state index contributed by atoms with van der Waals surface area (Å²) in [6.07, 6.45) is 0. The number of carbonyl (C=O) groups excluding carboxylic acids is 2. The molecule has 0 unspecified atom stereocenters. The zero-order chi connectivity index (χ0) is 21.6. The van der Waals surface area contributed by atoms with E-state index in [0.29, 0.717) is 11.4 Å². The second-order valence-electron chi connectivity index (χ2n) is 6.49. The minimum atomic E-state index is -3.93. The van der Waals surface area contributed by atoms with Crippen LogP contribution in [0.15, 0.2) is 47.4 Å². The second-order valence-corrected chi connectivity index (χ2v) is 8.21. The Labute approximate surface area is 170 Å². The van der Waals surface area contributed by atoms with Crippen molar-refractivity contribution >= 4 is 27.6 Å². The summed E-state index contributed by atoms with van der Waals surface area (Å²) in [5.74, 6) is -0.875. The molecule has 1 atom stereocenters. The Kier molecular flexibility index (Phi) is 7.35. The van der Waals surface area contributed by atoms with Crippen molar-refractivity contribution in [3.8, 4) is 5.75 Å². The molecule has 0 aliphatic rings. The normalized spacial score (nSPS) is 12.1. The van der Waals surface area contributed by atoms with Crippen molar-refractivity contribution < 1.29 is 27.5 Å². The molecule has 0 aliphatic carbocycles. The average molecular weight is 420 g/mol. The second kappa shape index (κ2) is 9.53. The molecule has 0 bridgehead atoms. The molecule has 2 aromatic carbocycles. The van der Waals surface area contributed by atoms with Gasteiger partial charge < -0.3 is 14.8 Å². The summed E-state index contributed by atoms with van der Waals surface area (Å²) in [6, 6.07) is 10.1. The van der Waals surface area contributed by atoms with Gasteiger partial charge in [-0.15, -0.1) is 0 Å². The van der Waals surface area contributed by atoms with Gasteiger partial charge in [0.1, 0.15) is 11.8 Å². The van der Waals surface area contributed by atoms with E-state index in [4.69, 9.17) is 9.47 Å². The number of nitrogens with one attached hydrogen (secondary N) is 2. The van der Waals surface area contributed by atoms with Gasteiger partial charge in [0.15, 0.2) is 6.61 Å². The highest BCUT2D eigenvalue weighted by Gasteiger charge is 2.23. The molecular weight excluding hydrogens is 396 g/mol. The molecular formula is C20H24N2O6S. The zero-order valence-corrected chi connectivity index (χ0v) is 17.5. The van der Waals surface area contributed by atoms with Gasteiger partial charge in [-0.1, -0.05) is 17.7 Å². The molecule has 2 rings (SSSR count). The Morgan fingerprint density at radius 3 is 2.31 bits per heavy atom. The minimum absolute atomic E-state index is 0.0226. The van der Waals surface area contributed by atoms with E-state index in [9.17, 15) is 18.0 Å². The predicted molar refractivity (Wildman–Crippen MR) is 108 cm³/mol. The smallest absolute Gasteiger partial charge is 0.324 e. The molecule has 156 valence electrons. The van der Waals surface area contributed by atoms with Gasteiger partial charge in [-0.05, 0) is 56.7 Å². The quantitative estimate of drug-likeness (QED) is 0.633. The number of aryl methyl sites for hydroxylation is 2. The molecule has 0 radical (unpaired) electrons. The van der Waals surface area contributed by atoms with E-state index in [0.717, 1.165) is 11.1 Å². The fourth-order valence-corrected chi connectivity index (χ4v) is 3.70. The number of methoxy groups -OCH3 is 1. The van der Waals surface area contributed by atoms with Crippen LogP contribution in [0.5, 0.6) is 5.75 Å². The van der Waals surface area contributed by atoms with E-state index < -0.39 is 34.5 Å². The number of anilines is 1. The molecule has 0 aliphatic heterocycles. The van der Waals surface area contributed by atoms with Crippen LogP contribution >= 0.6 is 0 Å². The van der Waals surface area contributed by atoms with Gasteiger partial charge in [0.05, 0.1) is 12.0 Å². The molecule has 0 fully saturated rings. The van der Waals surface area contributed by atoms with Crippen molar-refractivity contribution in [1.29, 1.82) is 0 Å². The average Bonchev–Trinajstić information content (AvgIpc) is 2.68. The lowest BCUT2D eigenvalue weighted by Gasteiger charge is -2.14. The highest BCUT2D eigenvalue weighted by Crippen LogP contribution is 2.17. The molecule has 1 amide bonds. The van der Waals surface area contributed by atoms with Gasteiger partial charge in [0.2, 0.25) is 10.0 Å². The standard InChI is InChI=1S/C20H24N2O6S/c1-13-5-10-18(14(2)11-13)21-19(23)12-28-20(24)15(3)22-29(25,26)17-8-6-16(27-4)7-9-17/h5-11,15,22H,12H2,1-4H3,(H,21,23)/t15-/m0/s1. The first-order valence-corrected chi connectivity index (χ1v) is 10.3. The topological polar surface area (TPSA) is 111 Å². The van der Waals surface area contributed by atoms with Crippen LogP contribution in [0.3, 0.4) is 0 Å². The van der Waals surface area contributed by atoms with Crippen LogP contribution in [0, 0.1) is 13.8 Å². The molecule has 29 heavy (non-hydrogen) atoms. The van der Waals surface area contributed by atoms with Crippen LogP contribution in [0.25, 0.3) is 0 Å². The number of esters is 1. The van der Waals surface area contributed by atoms with Crippen LogP contribution in [-0.4, -0.2) is 40.1 Å². The molecule has 0 saturated carbocycles. The van der Waals surface area contributed by atoms with Gasteiger partial charge in [0, 0.05) is 5.69 Å². The van der Waals surface area contributed by atoms with Gasteiger partial charge >= 0.3 is 5.97 Å². The maximum Gasteiger partial charge on any atom is 0.324 e. The SMILES string of the molecule is COc1ccc(S(=O)(=O)N[C@@H](C)C(=O)OCC(=O)Nc2ccc(C)cc2C)cc1. The van der Waals surface area contributed by atoms with Crippen LogP contribution < -0.4 is 14.8 Å². The molecule has 0 heterocycles. The molecule has 9 heteroatoms. The number of rotatable bonds is 8. The maximum absolute atomic E-state index is 12.4. The fourth-order valence-electron chi connectivity index (χ4n) is 2.51.